The van der Waals surface area contributed by atoms with Crippen LogP contribution in [0.1, 0.15) is 58.4 Å². The van der Waals surface area contributed by atoms with Gasteiger partial charge in [-0.25, -0.2) is 0 Å². The van der Waals surface area contributed by atoms with E-state index in [0.717, 1.165) is 35.1 Å². The molecule has 0 fully saturated rings. The molecule has 0 amide bonds. The zero-order valence-corrected chi connectivity index (χ0v) is 11.3. The van der Waals surface area contributed by atoms with Crippen LogP contribution in [0.4, 0.5) is 0 Å². The van der Waals surface area contributed by atoms with Crippen LogP contribution in [-0.2, 0) is 12.8 Å². The van der Waals surface area contributed by atoms with Crippen LogP contribution in [0.2, 0.25) is 0 Å². The maximum Gasteiger partial charge on any atom is 0.105 e. The molecule has 2 atom stereocenters. The number of hydrogen-bond acceptors (Lipinski definition) is 2. The highest BCUT2D eigenvalue weighted by molar-refractivity contribution is 5.53. The summed E-state index contributed by atoms with van der Waals surface area (Å²) in [5.41, 5.74) is 6.14. The Kier molecular flexibility index (Phi) is 2.69. The molecule has 20 heavy (non-hydrogen) atoms. The van der Waals surface area contributed by atoms with E-state index < -0.39 is 12.2 Å². The zero-order chi connectivity index (χ0) is 13.7. The molecule has 2 aromatic carbocycles. The summed E-state index contributed by atoms with van der Waals surface area (Å²) >= 11 is 0. The lowest BCUT2D eigenvalue weighted by atomic mass is 9.78. The van der Waals surface area contributed by atoms with Gasteiger partial charge in [-0.1, -0.05) is 36.4 Å². The summed E-state index contributed by atoms with van der Waals surface area (Å²) in [7, 11) is 0. The van der Waals surface area contributed by atoms with Gasteiger partial charge in [0.15, 0.2) is 0 Å². The predicted octanol–water partition coefficient (Wildman–Crippen LogP) is 3.04. The van der Waals surface area contributed by atoms with Gasteiger partial charge in [0, 0.05) is 0 Å². The number of aliphatic hydroxyl groups excluding tert-OH is 2. The van der Waals surface area contributed by atoms with Gasteiger partial charge >= 0.3 is 0 Å². The Morgan fingerprint density at radius 1 is 0.700 bits per heavy atom. The largest absolute Gasteiger partial charge is 0.384 e. The third-order valence-electron chi connectivity index (χ3n) is 4.72. The molecule has 4 rings (SSSR count). The van der Waals surface area contributed by atoms with Gasteiger partial charge in [-0.15, -0.1) is 0 Å². The van der Waals surface area contributed by atoms with Crippen molar-refractivity contribution in [3.05, 3.63) is 69.8 Å². The van der Waals surface area contributed by atoms with E-state index >= 15 is 0 Å². The first-order chi connectivity index (χ1) is 9.75. The Hall–Kier alpha value is -1.64. The Bertz CT molecular complexity index is 617. The number of aliphatic hydroxyl groups is 2. The molecule has 0 saturated heterocycles. The zero-order valence-electron chi connectivity index (χ0n) is 11.3. The second-order valence-corrected chi connectivity index (χ2v) is 5.89. The standard InChI is InChI=1S/C18H18O2/c19-17-13-7-3-4-8-14(13)18(20)16-10-12-6-2-1-5-11(12)9-15(16)17/h3-4,7-10,17-20H,1-2,5-6H2. The van der Waals surface area contributed by atoms with E-state index in [1.54, 1.807) is 0 Å². The molecule has 2 N–H and O–H groups in total. The lowest BCUT2D eigenvalue weighted by Crippen LogP contribution is -2.19. The average Bonchev–Trinajstić information content (AvgIpc) is 2.51. The summed E-state index contributed by atoms with van der Waals surface area (Å²) < 4.78 is 0. The van der Waals surface area contributed by atoms with E-state index in [1.807, 2.05) is 24.3 Å². The lowest BCUT2D eigenvalue weighted by Gasteiger charge is -2.31. The highest BCUT2D eigenvalue weighted by Gasteiger charge is 2.31. The third kappa shape index (κ3) is 1.65. The fourth-order valence-electron chi connectivity index (χ4n) is 3.64. The quantitative estimate of drug-likeness (QED) is 0.769. The minimum atomic E-state index is -0.614. The molecular formula is C18H18O2. The van der Waals surface area contributed by atoms with Crippen molar-refractivity contribution in [3.8, 4) is 0 Å². The number of fused-ring (bicyclic) bond motifs is 3. The van der Waals surface area contributed by atoms with E-state index in [2.05, 4.69) is 12.1 Å². The van der Waals surface area contributed by atoms with E-state index in [9.17, 15) is 10.2 Å². The number of hydrogen-bond donors (Lipinski definition) is 2. The van der Waals surface area contributed by atoms with Crippen LogP contribution in [0.15, 0.2) is 36.4 Å². The summed E-state index contributed by atoms with van der Waals surface area (Å²) in [5.74, 6) is 0. The SMILES string of the molecule is OC1c2ccccc2C(O)c2cc3c(cc21)CCCC3. The van der Waals surface area contributed by atoms with Gasteiger partial charge in [-0.2, -0.15) is 0 Å². The Labute approximate surface area is 118 Å². The fraction of sp³-hybridized carbons (Fsp3) is 0.333. The normalized spacial score (nSPS) is 23.7. The molecule has 0 spiro atoms. The van der Waals surface area contributed by atoms with Crippen molar-refractivity contribution in [2.75, 3.05) is 0 Å². The van der Waals surface area contributed by atoms with Crippen molar-refractivity contribution < 1.29 is 10.2 Å². The first kappa shape index (κ1) is 12.1. The summed E-state index contributed by atoms with van der Waals surface area (Å²) in [4.78, 5) is 0. The van der Waals surface area contributed by atoms with Gasteiger partial charge in [-0.3, -0.25) is 0 Å². The molecule has 2 nitrogen and oxygen atoms in total. The van der Waals surface area contributed by atoms with Gasteiger partial charge in [0.1, 0.15) is 12.2 Å². The van der Waals surface area contributed by atoms with Crippen molar-refractivity contribution in [2.24, 2.45) is 0 Å². The Morgan fingerprint density at radius 2 is 1.15 bits per heavy atom. The lowest BCUT2D eigenvalue weighted by molar-refractivity contribution is 0.173. The summed E-state index contributed by atoms with van der Waals surface area (Å²) in [6.45, 7) is 0. The highest BCUT2D eigenvalue weighted by atomic mass is 16.3. The molecule has 102 valence electrons. The van der Waals surface area contributed by atoms with Gasteiger partial charge in [-0.05, 0) is 59.1 Å². The molecule has 2 unspecified atom stereocenters. The number of rotatable bonds is 0. The van der Waals surface area contributed by atoms with E-state index in [1.165, 1.54) is 24.0 Å². The van der Waals surface area contributed by atoms with Gasteiger partial charge in [0.2, 0.25) is 0 Å². The van der Waals surface area contributed by atoms with Gasteiger partial charge in [0.05, 0.1) is 0 Å². The first-order valence-electron chi connectivity index (χ1n) is 7.36. The smallest absolute Gasteiger partial charge is 0.105 e. The Balaban J connectivity index is 1.92. The maximum atomic E-state index is 10.6. The minimum Gasteiger partial charge on any atom is -0.384 e. The Morgan fingerprint density at radius 3 is 1.60 bits per heavy atom. The monoisotopic (exact) mass is 266 g/mol. The first-order valence-corrected chi connectivity index (χ1v) is 7.36. The topological polar surface area (TPSA) is 40.5 Å². The summed E-state index contributed by atoms with van der Waals surface area (Å²) in [5, 5.41) is 21.2. The van der Waals surface area contributed by atoms with Gasteiger partial charge in [0.25, 0.3) is 0 Å². The molecule has 0 aromatic heterocycles. The maximum absolute atomic E-state index is 10.6. The van der Waals surface area contributed by atoms with Crippen molar-refractivity contribution >= 4 is 0 Å². The summed E-state index contributed by atoms with van der Waals surface area (Å²) in [6, 6.07) is 11.9. The molecule has 2 aromatic rings. The van der Waals surface area contributed by atoms with Crippen molar-refractivity contribution in [3.63, 3.8) is 0 Å². The van der Waals surface area contributed by atoms with Crippen LogP contribution < -0.4 is 0 Å². The van der Waals surface area contributed by atoms with E-state index in [-0.39, 0.29) is 0 Å². The molecule has 2 aliphatic carbocycles. The van der Waals surface area contributed by atoms with E-state index in [4.69, 9.17) is 0 Å². The fourth-order valence-corrected chi connectivity index (χ4v) is 3.64. The van der Waals surface area contributed by atoms with Crippen LogP contribution in [0, 0.1) is 0 Å². The minimum absolute atomic E-state index is 0.614. The molecule has 0 radical (unpaired) electrons. The van der Waals surface area contributed by atoms with Crippen molar-refractivity contribution in [1.29, 1.82) is 0 Å². The highest BCUT2D eigenvalue weighted by Crippen LogP contribution is 2.42. The molecule has 0 saturated carbocycles. The third-order valence-corrected chi connectivity index (χ3v) is 4.72. The number of aryl methyl sites for hydroxylation is 2. The van der Waals surface area contributed by atoms with Crippen LogP contribution in [-0.4, -0.2) is 10.2 Å². The second-order valence-electron chi connectivity index (χ2n) is 5.89. The molecule has 0 bridgehead atoms. The van der Waals surface area contributed by atoms with Crippen LogP contribution in [0.25, 0.3) is 0 Å². The van der Waals surface area contributed by atoms with E-state index in [0.29, 0.717) is 0 Å². The molecule has 2 aliphatic rings. The van der Waals surface area contributed by atoms with Crippen LogP contribution in [0.3, 0.4) is 0 Å². The van der Waals surface area contributed by atoms with Crippen LogP contribution in [0.5, 0.6) is 0 Å². The van der Waals surface area contributed by atoms with Crippen molar-refractivity contribution in [1.82, 2.24) is 0 Å². The molecular weight excluding hydrogens is 248 g/mol. The van der Waals surface area contributed by atoms with Crippen LogP contribution >= 0.6 is 0 Å². The molecule has 0 aliphatic heterocycles. The average molecular weight is 266 g/mol. The van der Waals surface area contributed by atoms with Crippen molar-refractivity contribution in [2.45, 2.75) is 37.9 Å². The summed E-state index contributed by atoms with van der Waals surface area (Å²) in [6.07, 6.45) is 3.40. The molecule has 2 heteroatoms. The second kappa shape index (κ2) is 4.44. The van der Waals surface area contributed by atoms with Gasteiger partial charge < -0.3 is 10.2 Å². The number of benzene rings is 2. The predicted molar refractivity (Wildman–Crippen MR) is 77.6 cm³/mol. The molecule has 0 heterocycles.